The molecule has 0 heterocycles. The van der Waals surface area contributed by atoms with Crippen molar-refractivity contribution in [3.05, 3.63) is 35.4 Å². The number of methoxy groups -OCH3 is 6. The molecule has 0 saturated heterocycles. The van der Waals surface area contributed by atoms with E-state index in [9.17, 15) is 9.59 Å². The van der Waals surface area contributed by atoms with Crippen molar-refractivity contribution < 1.29 is 38.0 Å². The van der Waals surface area contributed by atoms with Crippen LogP contribution < -0.4 is 39.3 Å². The second kappa shape index (κ2) is 12.5. The number of nitrogens with one attached hydrogen (secondary N) is 2. The summed E-state index contributed by atoms with van der Waals surface area (Å²) in [7, 11) is 8.87. The smallest absolute Gasteiger partial charge is 0.331 e. The Labute approximate surface area is 196 Å². The molecule has 0 aliphatic carbocycles. The lowest BCUT2D eigenvalue weighted by atomic mass is 10.2. The lowest BCUT2D eigenvalue weighted by molar-refractivity contribution is -0.139. The second-order valence-corrected chi connectivity index (χ2v) is 6.32. The largest absolute Gasteiger partial charge is 0.493 e. The highest BCUT2D eigenvalue weighted by atomic mass is 16.5. The molecule has 12 nitrogen and oxygen atoms in total. The number of hydrazone groups is 2. The number of rotatable bonds is 10. The van der Waals surface area contributed by atoms with Crippen molar-refractivity contribution in [2.45, 2.75) is 0 Å². The van der Waals surface area contributed by atoms with Crippen LogP contribution in [0.1, 0.15) is 11.1 Å². The number of carbonyl (C=O) groups excluding carboxylic acids is 2. The molecule has 34 heavy (non-hydrogen) atoms. The van der Waals surface area contributed by atoms with E-state index in [1.807, 2.05) is 0 Å². The van der Waals surface area contributed by atoms with Crippen molar-refractivity contribution in [1.29, 1.82) is 0 Å². The average Bonchev–Trinajstić information content (AvgIpc) is 2.86. The molecule has 0 saturated carbocycles. The normalized spacial score (nSPS) is 10.6. The predicted octanol–water partition coefficient (Wildman–Crippen LogP) is 1.34. The molecule has 2 amide bonds. The van der Waals surface area contributed by atoms with Crippen LogP contribution in [0.15, 0.2) is 34.5 Å². The zero-order chi connectivity index (χ0) is 25.1. The zero-order valence-electron chi connectivity index (χ0n) is 19.6. The Bertz CT molecular complexity index is 949. The summed E-state index contributed by atoms with van der Waals surface area (Å²) < 4.78 is 31.5. The van der Waals surface area contributed by atoms with Gasteiger partial charge in [-0.1, -0.05) is 0 Å². The number of benzene rings is 2. The maximum absolute atomic E-state index is 12.0. The van der Waals surface area contributed by atoms with Crippen LogP contribution >= 0.6 is 0 Å². The maximum atomic E-state index is 12.0. The van der Waals surface area contributed by atoms with Gasteiger partial charge in [-0.15, -0.1) is 0 Å². The number of hydrogen-bond donors (Lipinski definition) is 2. The molecule has 2 rings (SSSR count). The van der Waals surface area contributed by atoms with E-state index in [1.165, 1.54) is 55.1 Å². The molecule has 182 valence electrons. The van der Waals surface area contributed by atoms with Gasteiger partial charge in [-0.2, -0.15) is 10.2 Å². The first-order valence-electron chi connectivity index (χ1n) is 9.68. The van der Waals surface area contributed by atoms with Crippen LogP contribution in [-0.4, -0.2) is 66.9 Å². The third-order valence-electron chi connectivity index (χ3n) is 4.34. The first-order valence-corrected chi connectivity index (χ1v) is 9.68. The van der Waals surface area contributed by atoms with Gasteiger partial charge < -0.3 is 28.4 Å². The fraction of sp³-hybridized carbons (Fsp3) is 0.273. The number of carbonyl (C=O) groups is 2. The van der Waals surface area contributed by atoms with Gasteiger partial charge in [0.25, 0.3) is 0 Å². The summed E-state index contributed by atoms with van der Waals surface area (Å²) in [5.74, 6) is 0.423. The topological polar surface area (TPSA) is 138 Å². The molecule has 0 radical (unpaired) electrons. The minimum absolute atomic E-state index is 0.411. The van der Waals surface area contributed by atoms with Crippen molar-refractivity contribution in [1.82, 2.24) is 10.9 Å². The van der Waals surface area contributed by atoms with Crippen LogP contribution in [0.3, 0.4) is 0 Å². The molecule has 0 aliphatic rings. The Balaban J connectivity index is 2.02. The zero-order valence-corrected chi connectivity index (χ0v) is 19.6. The van der Waals surface area contributed by atoms with Crippen LogP contribution in [0, 0.1) is 0 Å². The fourth-order valence-corrected chi connectivity index (χ4v) is 2.78. The number of amides is 2. The molecular formula is C22H26N4O8. The Kier molecular flexibility index (Phi) is 9.50. The molecule has 0 aliphatic heterocycles. The van der Waals surface area contributed by atoms with Crippen molar-refractivity contribution in [2.24, 2.45) is 10.2 Å². The van der Waals surface area contributed by atoms with E-state index in [1.54, 1.807) is 24.3 Å². The van der Waals surface area contributed by atoms with Crippen molar-refractivity contribution in [3.8, 4) is 34.5 Å². The highest BCUT2D eigenvalue weighted by Crippen LogP contribution is 2.38. The minimum Gasteiger partial charge on any atom is -0.493 e. The summed E-state index contributed by atoms with van der Waals surface area (Å²) in [6, 6.07) is 6.50. The Hall–Kier alpha value is -4.48. The molecule has 12 heteroatoms. The van der Waals surface area contributed by atoms with Gasteiger partial charge in [0.15, 0.2) is 23.0 Å². The van der Waals surface area contributed by atoms with Gasteiger partial charge in [0, 0.05) is 11.1 Å². The SMILES string of the molecule is COc1cc(C=NNC(=O)C(=O)N/N=C/c2cc(OC)c(OC)c(OC)c2)cc(OC)c1OC. The fourth-order valence-electron chi connectivity index (χ4n) is 2.78. The van der Waals surface area contributed by atoms with Gasteiger partial charge in [-0.25, -0.2) is 10.9 Å². The molecule has 0 aromatic heterocycles. The van der Waals surface area contributed by atoms with E-state index in [4.69, 9.17) is 28.4 Å². The van der Waals surface area contributed by atoms with Gasteiger partial charge in [-0.05, 0) is 24.3 Å². The minimum atomic E-state index is -1.02. The van der Waals surface area contributed by atoms with E-state index in [-0.39, 0.29) is 0 Å². The van der Waals surface area contributed by atoms with Gasteiger partial charge in [-0.3, -0.25) is 9.59 Å². The average molecular weight is 474 g/mol. The molecule has 2 N–H and O–H groups in total. The Morgan fingerprint density at radius 2 is 0.882 bits per heavy atom. The third kappa shape index (κ3) is 6.28. The van der Waals surface area contributed by atoms with Gasteiger partial charge in [0.05, 0.1) is 55.1 Å². The molecule has 0 spiro atoms. The van der Waals surface area contributed by atoms with Gasteiger partial charge in [0.2, 0.25) is 11.5 Å². The van der Waals surface area contributed by atoms with E-state index in [0.29, 0.717) is 45.6 Å². The molecule has 0 unspecified atom stereocenters. The molecule has 0 bridgehead atoms. The molecule has 2 aromatic carbocycles. The summed E-state index contributed by atoms with van der Waals surface area (Å²) >= 11 is 0. The van der Waals surface area contributed by atoms with E-state index < -0.39 is 11.8 Å². The summed E-state index contributed by atoms with van der Waals surface area (Å²) in [5.41, 5.74) is 5.29. The lowest BCUT2D eigenvalue weighted by Crippen LogP contribution is -2.35. The first-order chi connectivity index (χ1) is 16.4. The first kappa shape index (κ1) is 25.8. The van der Waals surface area contributed by atoms with E-state index in [0.717, 1.165) is 0 Å². The molecule has 0 atom stereocenters. The van der Waals surface area contributed by atoms with Crippen LogP contribution in [-0.2, 0) is 9.59 Å². The van der Waals surface area contributed by atoms with Crippen molar-refractivity contribution in [2.75, 3.05) is 42.7 Å². The van der Waals surface area contributed by atoms with Crippen molar-refractivity contribution >= 4 is 24.2 Å². The summed E-state index contributed by atoms with van der Waals surface area (Å²) in [4.78, 5) is 23.9. The molecule has 0 fully saturated rings. The standard InChI is InChI=1S/C22H26N4O8/c1-29-15-7-13(8-16(30-2)19(15)33-5)11-23-25-21(27)22(28)26-24-12-14-9-17(31-3)20(34-6)18(10-14)32-4/h7-12H,1-6H3,(H,25,27)(H,26,28)/b23-11+,24-12?. The quantitative estimate of drug-likeness (QED) is 0.299. The van der Waals surface area contributed by atoms with Gasteiger partial charge >= 0.3 is 11.8 Å². The monoisotopic (exact) mass is 474 g/mol. The number of nitrogens with zero attached hydrogens (tertiary/aromatic N) is 2. The number of hydrogen-bond acceptors (Lipinski definition) is 10. The molecule has 2 aromatic rings. The predicted molar refractivity (Wildman–Crippen MR) is 124 cm³/mol. The highest BCUT2D eigenvalue weighted by Gasteiger charge is 2.15. The Morgan fingerprint density at radius 1 is 0.588 bits per heavy atom. The van der Waals surface area contributed by atoms with Crippen LogP contribution in [0.2, 0.25) is 0 Å². The molecular weight excluding hydrogens is 448 g/mol. The maximum Gasteiger partial charge on any atom is 0.331 e. The van der Waals surface area contributed by atoms with Crippen molar-refractivity contribution in [3.63, 3.8) is 0 Å². The summed E-state index contributed by atoms with van der Waals surface area (Å²) in [5, 5.41) is 7.53. The summed E-state index contributed by atoms with van der Waals surface area (Å²) in [6.07, 6.45) is 2.63. The van der Waals surface area contributed by atoms with Gasteiger partial charge in [0.1, 0.15) is 0 Å². The Morgan fingerprint density at radius 3 is 1.12 bits per heavy atom. The number of ether oxygens (including phenoxy) is 6. The second-order valence-electron chi connectivity index (χ2n) is 6.32. The third-order valence-corrected chi connectivity index (χ3v) is 4.34. The lowest BCUT2D eigenvalue weighted by Gasteiger charge is -2.12. The van der Waals surface area contributed by atoms with Crippen LogP contribution in [0.4, 0.5) is 0 Å². The highest BCUT2D eigenvalue weighted by molar-refractivity contribution is 6.35. The van der Waals surface area contributed by atoms with Crippen LogP contribution in [0.5, 0.6) is 34.5 Å². The van der Waals surface area contributed by atoms with E-state index in [2.05, 4.69) is 21.1 Å². The summed E-state index contributed by atoms with van der Waals surface area (Å²) in [6.45, 7) is 0. The van der Waals surface area contributed by atoms with Crippen LogP contribution in [0.25, 0.3) is 0 Å². The van der Waals surface area contributed by atoms with E-state index >= 15 is 0 Å².